The summed E-state index contributed by atoms with van der Waals surface area (Å²) in [7, 11) is 0. The number of ketones is 3. The summed E-state index contributed by atoms with van der Waals surface area (Å²) < 4.78 is 0. The molecular formula is C45H30N10O3. The van der Waals surface area contributed by atoms with Crippen LogP contribution >= 0.6 is 0 Å². The number of benzene rings is 6. The van der Waals surface area contributed by atoms with Crippen molar-refractivity contribution in [1.82, 2.24) is 4.90 Å². The van der Waals surface area contributed by atoms with Gasteiger partial charge in [-0.25, -0.2) is 4.90 Å². The van der Waals surface area contributed by atoms with Crippen LogP contribution in [0.25, 0.3) is 0 Å². The van der Waals surface area contributed by atoms with Gasteiger partial charge in [0.15, 0.2) is 17.3 Å². The summed E-state index contributed by atoms with van der Waals surface area (Å²) in [5, 5.41) is 9.61. The third-order valence-electron chi connectivity index (χ3n) is 9.15. The van der Waals surface area contributed by atoms with Crippen molar-refractivity contribution in [3.05, 3.63) is 197 Å². The number of carbonyl (C=O) groups is 3. The van der Waals surface area contributed by atoms with E-state index in [0.29, 0.717) is 50.4 Å². The molecule has 3 aliphatic rings. The zero-order chi connectivity index (χ0) is 39.4. The second kappa shape index (κ2) is 15.4. The molecule has 0 fully saturated rings. The van der Waals surface area contributed by atoms with Crippen LogP contribution in [-0.2, 0) is 0 Å². The summed E-state index contributed by atoms with van der Waals surface area (Å²) in [5.74, 6) is 0.874. The van der Waals surface area contributed by atoms with Gasteiger partial charge in [0, 0.05) is 50.4 Å². The van der Waals surface area contributed by atoms with Crippen molar-refractivity contribution in [2.24, 2.45) is 30.0 Å². The zero-order valence-corrected chi connectivity index (χ0v) is 30.4. The summed E-state index contributed by atoms with van der Waals surface area (Å²) in [6, 6.07) is 48.2. The fraction of sp³-hybridized carbons (Fsp3) is 0. The lowest BCUT2D eigenvalue weighted by molar-refractivity contribution is 0.103. The van der Waals surface area contributed by atoms with E-state index in [0.717, 1.165) is 0 Å². The molecule has 0 aliphatic carbocycles. The molecule has 0 amide bonds. The molecule has 13 nitrogen and oxygen atoms in total. The van der Waals surface area contributed by atoms with Gasteiger partial charge in [0.2, 0.25) is 35.8 Å². The van der Waals surface area contributed by atoms with E-state index in [1.807, 2.05) is 54.6 Å². The molecule has 0 aromatic heterocycles. The topological polar surface area (TPSA) is 165 Å². The van der Waals surface area contributed by atoms with E-state index in [9.17, 15) is 14.4 Å². The molecule has 0 saturated heterocycles. The number of carbonyl (C=O) groups excluding carboxylic acids is 3. The summed E-state index contributed by atoms with van der Waals surface area (Å²) >= 11 is 0. The second-order valence-corrected chi connectivity index (χ2v) is 13.1. The Balaban J connectivity index is 0.995. The first-order valence-electron chi connectivity index (χ1n) is 18.2. The second-order valence-electron chi connectivity index (χ2n) is 13.1. The lowest BCUT2D eigenvalue weighted by Gasteiger charge is -2.30. The maximum absolute atomic E-state index is 13.0. The van der Waals surface area contributed by atoms with Crippen molar-refractivity contribution in [3.8, 4) is 0 Å². The molecule has 3 N–H and O–H groups in total. The number of anilines is 3. The van der Waals surface area contributed by atoms with Crippen molar-refractivity contribution >= 4 is 70.2 Å². The average Bonchev–Trinajstić information content (AvgIpc) is 3.27. The maximum atomic E-state index is 13.0. The first-order valence-corrected chi connectivity index (χ1v) is 18.2. The SMILES string of the molecule is O=C(c1ccccc1)c1ccc(NC2=NC3=NC(Nc4ccc(C(=O)c5ccccc5)cc4)=NC4=NC(Nc5ccc(C(=O)c6ccccc6)cc5)=NC(=N2)N34)cc1. The molecule has 58 heavy (non-hydrogen) atoms. The maximum Gasteiger partial charge on any atom is 0.246 e. The third kappa shape index (κ3) is 7.46. The van der Waals surface area contributed by atoms with Crippen LogP contribution in [0.15, 0.2) is 194 Å². The lowest BCUT2D eigenvalue weighted by Crippen LogP contribution is -2.49. The molecule has 6 aromatic carbocycles. The van der Waals surface area contributed by atoms with Gasteiger partial charge in [-0.2, -0.15) is 30.0 Å². The number of nitrogens with zero attached hydrogens (tertiary/aromatic N) is 7. The highest BCUT2D eigenvalue weighted by Gasteiger charge is 2.35. The standard InChI is InChI=1S/C45H30N10O3/c56-37(28-10-4-1-5-11-28)31-16-22-34(23-17-31)46-40-49-43-51-41(47-35-24-18-32(19-25-35)38(57)29-12-6-2-7-13-29)53-45-54-42(52-44(50-40)55(43)45)48-36-26-20-33(21-27-36)39(58)30-14-8-3-9-15-30/h1-27H,(H3,46,47,48,49,50,51,52,53,54). The Labute approximate surface area is 331 Å². The minimum atomic E-state index is -0.0906. The van der Waals surface area contributed by atoms with Gasteiger partial charge in [-0.15, -0.1) is 0 Å². The molecule has 9 rings (SSSR count). The molecular weight excluding hydrogens is 729 g/mol. The van der Waals surface area contributed by atoms with Crippen molar-refractivity contribution in [1.29, 1.82) is 0 Å². The van der Waals surface area contributed by atoms with E-state index in [2.05, 4.69) is 45.9 Å². The number of rotatable bonds is 9. The summed E-state index contributed by atoms with van der Waals surface area (Å²) in [6.07, 6.45) is 0. The normalized spacial score (nSPS) is 14.0. The van der Waals surface area contributed by atoms with Crippen molar-refractivity contribution < 1.29 is 14.4 Å². The Bertz CT molecular complexity index is 2450. The summed E-state index contributed by atoms with van der Waals surface area (Å²) in [5.41, 5.74) is 5.28. The average molecular weight is 759 g/mol. The van der Waals surface area contributed by atoms with Crippen LogP contribution in [-0.4, -0.2) is 58.0 Å². The van der Waals surface area contributed by atoms with E-state index in [1.165, 1.54) is 4.90 Å². The molecule has 3 heterocycles. The molecule has 0 saturated carbocycles. The fourth-order valence-corrected chi connectivity index (χ4v) is 6.23. The van der Waals surface area contributed by atoms with Gasteiger partial charge >= 0.3 is 0 Å². The van der Waals surface area contributed by atoms with Gasteiger partial charge in [0.05, 0.1) is 0 Å². The van der Waals surface area contributed by atoms with E-state index in [-0.39, 0.29) is 53.1 Å². The summed E-state index contributed by atoms with van der Waals surface area (Å²) in [6.45, 7) is 0. The Morgan fingerprint density at radius 3 is 0.810 bits per heavy atom. The molecule has 0 atom stereocenters. The molecule has 0 radical (unpaired) electrons. The molecule has 6 aromatic rings. The monoisotopic (exact) mass is 758 g/mol. The largest absolute Gasteiger partial charge is 0.324 e. The van der Waals surface area contributed by atoms with Crippen molar-refractivity contribution in [3.63, 3.8) is 0 Å². The van der Waals surface area contributed by atoms with Crippen molar-refractivity contribution in [2.45, 2.75) is 0 Å². The van der Waals surface area contributed by atoms with Crippen molar-refractivity contribution in [2.75, 3.05) is 16.0 Å². The van der Waals surface area contributed by atoms with E-state index < -0.39 is 0 Å². The quantitative estimate of drug-likeness (QED) is 0.129. The Kier molecular flexibility index (Phi) is 9.34. The minimum Gasteiger partial charge on any atom is -0.324 e. The molecule has 0 spiro atoms. The molecule has 0 bridgehead atoms. The highest BCUT2D eigenvalue weighted by atomic mass is 16.1. The number of guanidine groups is 6. The van der Waals surface area contributed by atoms with Gasteiger partial charge in [0.1, 0.15) is 0 Å². The van der Waals surface area contributed by atoms with Gasteiger partial charge < -0.3 is 16.0 Å². The Morgan fingerprint density at radius 2 is 0.552 bits per heavy atom. The smallest absolute Gasteiger partial charge is 0.246 e. The Morgan fingerprint density at radius 1 is 0.310 bits per heavy atom. The van der Waals surface area contributed by atoms with E-state index >= 15 is 0 Å². The minimum absolute atomic E-state index is 0.0906. The van der Waals surface area contributed by atoms with Gasteiger partial charge in [-0.1, -0.05) is 91.0 Å². The van der Waals surface area contributed by atoms with E-state index in [4.69, 9.17) is 0 Å². The van der Waals surface area contributed by atoms with Gasteiger partial charge in [0.25, 0.3) is 0 Å². The zero-order valence-electron chi connectivity index (χ0n) is 30.4. The van der Waals surface area contributed by atoms with Crippen LogP contribution < -0.4 is 16.0 Å². The number of hydrogen-bond acceptors (Lipinski definition) is 13. The number of aliphatic imine (C=N–C) groups is 6. The Hall–Kier alpha value is -8.45. The van der Waals surface area contributed by atoms with Crippen LogP contribution in [0.4, 0.5) is 17.1 Å². The lowest BCUT2D eigenvalue weighted by atomic mass is 10.0. The van der Waals surface area contributed by atoms with Gasteiger partial charge in [-0.3, -0.25) is 14.4 Å². The molecule has 13 heteroatoms. The highest BCUT2D eigenvalue weighted by Crippen LogP contribution is 2.22. The highest BCUT2D eigenvalue weighted by molar-refractivity contribution is 6.32. The fourth-order valence-electron chi connectivity index (χ4n) is 6.23. The molecule has 3 aliphatic heterocycles. The van der Waals surface area contributed by atoms with Gasteiger partial charge in [-0.05, 0) is 72.8 Å². The van der Waals surface area contributed by atoms with Crippen LogP contribution in [0.2, 0.25) is 0 Å². The van der Waals surface area contributed by atoms with Crippen LogP contribution in [0.1, 0.15) is 47.8 Å². The number of nitrogens with one attached hydrogen (secondary N) is 3. The first-order chi connectivity index (χ1) is 28.4. The third-order valence-corrected chi connectivity index (χ3v) is 9.15. The van der Waals surface area contributed by atoms with Crippen LogP contribution in [0.3, 0.4) is 0 Å². The molecule has 278 valence electrons. The first kappa shape index (κ1) is 35.3. The van der Waals surface area contributed by atoms with Crippen LogP contribution in [0, 0.1) is 0 Å². The molecule has 0 unspecified atom stereocenters. The predicted molar refractivity (Wildman–Crippen MR) is 226 cm³/mol. The summed E-state index contributed by atoms with van der Waals surface area (Å²) in [4.78, 5) is 68.5. The predicted octanol–water partition coefficient (Wildman–Crippen LogP) is 7.49. The number of hydrogen-bond donors (Lipinski definition) is 3. The van der Waals surface area contributed by atoms with E-state index in [1.54, 1.807) is 109 Å². The van der Waals surface area contributed by atoms with Crippen LogP contribution in [0.5, 0.6) is 0 Å².